The van der Waals surface area contributed by atoms with Gasteiger partial charge in [0.25, 0.3) is 5.91 Å². The molecule has 0 saturated heterocycles. The second kappa shape index (κ2) is 9.05. The Morgan fingerprint density at radius 2 is 1.93 bits per heavy atom. The fraction of sp³-hybridized carbons (Fsp3) is 0.318. The predicted octanol–water partition coefficient (Wildman–Crippen LogP) is 4.73. The molecule has 3 rings (SSSR count). The number of carbonyl (C=O) groups excluding carboxylic acids is 2. The fourth-order valence-corrected chi connectivity index (χ4v) is 3.84. The van der Waals surface area contributed by atoms with Gasteiger partial charge < -0.3 is 9.73 Å². The van der Waals surface area contributed by atoms with Gasteiger partial charge in [0, 0.05) is 23.9 Å². The summed E-state index contributed by atoms with van der Waals surface area (Å²) in [6.07, 6.45) is 1.78. The lowest BCUT2D eigenvalue weighted by Crippen LogP contribution is -2.30. The zero-order valence-electron chi connectivity index (χ0n) is 17.0. The number of furan rings is 1. The SMILES string of the molecule is CC(=O)N[C@@H](C)CCc1ccc(-c2csc(NC(=O)c3cc(C)oc3C)n2)cc1. The summed E-state index contributed by atoms with van der Waals surface area (Å²) in [6.45, 7) is 7.13. The minimum Gasteiger partial charge on any atom is -0.466 e. The Balaban J connectivity index is 1.60. The quantitative estimate of drug-likeness (QED) is 0.589. The topological polar surface area (TPSA) is 84.2 Å². The predicted molar refractivity (Wildman–Crippen MR) is 115 cm³/mol. The van der Waals surface area contributed by atoms with Gasteiger partial charge in [0.2, 0.25) is 5.91 Å². The van der Waals surface area contributed by atoms with Crippen LogP contribution in [0.2, 0.25) is 0 Å². The summed E-state index contributed by atoms with van der Waals surface area (Å²) < 4.78 is 5.41. The normalized spacial score (nSPS) is 11.9. The average molecular weight is 412 g/mol. The number of hydrogen-bond acceptors (Lipinski definition) is 5. The average Bonchev–Trinajstić information content (AvgIpc) is 3.26. The van der Waals surface area contributed by atoms with Crippen LogP contribution in [-0.2, 0) is 11.2 Å². The molecule has 2 N–H and O–H groups in total. The molecule has 0 aliphatic rings. The molecule has 0 unspecified atom stereocenters. The molecule has 29 heavy (non-hydrogen) atoms. The number of nitrogens with zero attached hydrogens (tertiary/aromatic N) is 1. The summed E-state index contributed by atoms with van der Waals surface area (Å²) >= 11 is 1.39. The van der Waals surface area contributed by atoms with E-state index < -0.39 is 0 Å². The lowest BCUT2D eigenvalue weighted by molar-refractivity contribution is -0.119. The molecule has 0 radical (unpaired) electrons. The van der Waals surface area contributed by atoms with E-state index in [4.69, 9.17) is 4.42 Å². The van der Waals surface area contributed by atoms with Crippen molar-refractivity contribution in [3.8, 4) is 11.3 Å². The van der Waals surface area contributed by atoms with Gasteiger partial charge >= 0.3 is 0 Å². The molecule has 2 aromatic heterocycles. The fourth-order valence-electron chi connectivity index (χ4n) is 3.13. The summed E-state index contributed by atoms with van der Waals surface area (Å²) in [6, 6.07) is 10.1. The highest BCUT2D eigenvalue weighted by molar-refractivity contribution is 7.14. The first-order valence-electron chi connectivity index (χ1n) is 9.52. The molecule has 0 fully saturated rings. The van der Waals surface area contributed by atoms with Gasteiger partial charge in [-0.1, -0.05) is 24.3 Å². The van der Waals surface area contributed by atoms with Crippen molar-refractivity contribution in [3.63, 3.8) is 0 Å². The Labute approximate surface area is 174 Å². The summed E-state index contributed by atoms with van der Waals surface area (Å²) in [7, 11) is 0. The molecule has 2 amide bonds. The maximum absolute atomic E-state index is 12.4. The third-order valence-electron chi connectivity index (χ3n) is 4.58. The van der Waals surface area contributed by atoms with Crippen LogP contribution in [0.5, 0.6) is 0 Å². The monoisotopic (exact) mass is 411 g/mol. The van der Waals surface area contributed by atoms with Gasteiger partial charge in [-0.3, -0.25) is 14.9 Å². The van der Waals surface area contributed by atoms with E-state index in [1.54, 1.807) is 13.0 Å². The molecule has 0 aliphatic heterocycles. The molecule has 2 heterocycles. The number of hydrogen-bond donors (Lipinski definition) is 2. The molecular formula is C22H25N3O3S. The van der Waals surface area contributed by atoms with E-state index in [-0.39, 0.29) is 17.9 Å². The number of amides is 2. The van der Waals surface area contributed by atoms with E-state index >= 15 is 0 Å². The first kappa shape index (κ1) is 20.8. The van der Waals surface area contributed by atoms with Gasteiger partial charge in [0.1, 0.15) is 11.5 Å². The number of anilines is 1. The molecular weight excluding hydrogens is 386 g/mol. The number of aromatic nitrogens is 1. The van der Waals surface area contributed by atoms with Crippen LogP contribution in [0.25, 0.3) is 11.3 Å². The van der Waals surface area contributed by atoms with Crippen LogP contribution in [0, 0.1) is 13.8 Å². The van der Waals surface area contributed by atoms with Crippen LogP contribution in [0.1, 0.15) is 47.7 Å². The highest BCUT2D eigenvalue weighted by Crippen LogP contribution is 2.26. The van der Waals surface area contributed by atoms with Gasteiger partial charge in [-0.25, -0.2) is 4.98 Å². The van der Waals surface area contributed by atoms with Crippen LogP contribution in [0.4, 0.5) is 5.13 Å². The third kappa shape index (κ3) is 5.54. The van der Waals surface area contributed by atoms with Crippen molar-refractivity contribution >= 4 is 28.3 Å². The van der Waals surface area contributed by atoms with Gasteiger partial charge in [-0.15, -0.1) is 11.3 Å². The van der Waals surface area contributed by atoms with Crippen LogP contribution >= 0.6 is 11.3 Å². The number of nitrogens with one attached hydrogen (secondary N) is 2. The zero-order valence-corrected chi connectivity index (χ0v) is 17.9. The molecule has 1 aromatic carbocycles. The number of aryl methyl sites for hydroxylation is 3. The second-order valence-corrected chi connectivity index (χ2v) is 8.01. The number of thiazole rings is 1. The van der Waals surface area contributed by atoms with E-state index in [2.05, 4.69) is 27.8 Å². The molecule has 0 aliphatic carbocycles. The first-order chi connectivity index (χ1) is 13.8. The Bertz CT molecular complexity index is 1000. The van der Waals surface area contributed by atoms with Gasteiger partial charge in [-0.05, 0) is 45.2 Å². The van der Waals surface area contributed by atoms with Crippen molar-refractivity contribution in [2.75, 3.05) is 5.32 Å². The maximum atomic E-state index is 12.4. The first-order valence-corrected chi connectivity index (χ1v) is 10.4. The summed E-state index contributed by atoms with van der Waals surface area (Å²) in [5.74, 6) is 1.08. The van der Waals surface area contributed by atoms with Crippen LogP contribution in [0.3, 0.4) is 0 Å². The smallest absolute Gasteiger partial charge is 0.260 e. The number of benzene rings is 1. The van der Waals surface area contributed by atoms with Crippen molar-refractivity contribution in [2.45, 2.75) is 46.6 Å². The van der Waals surface area contributed by atoms with Crippen molar-refractivity contribution in [3.05, 3.63) is 58.4 Å². The Morgan fingerprint density at radius 1 is 1.21 bits per heavy atom. The Kier molecular flexibility index (Phi) is 6.49. The van der Waals surface area contributed by atoms with E-state index in [9.17, 15) is 9.59 Å². The highest BCUT2D eigenvalue weighted by Gasteiger charge is 2.15. The minimum absolute atomic E-state index is 0.00246. The largest absolute Gasteiger partial charge is 0.466 e. The van der Waals surface area contributed by atoms with Gasteiger partial charge in [0.15, 0.2) is 5.13 Å². The molecule has 0 bridgehead atoms. The number of carbonyl (C=O) groups is 2. The third-order valence-corrected chi connectivity index (χ3v) is 5.33. The Hall–Kier alpha value is -2.93. The lowest BCUT2D eigenvalue weighted by Gasteiger charge is -2.12. The van der Waals surface area contributed by atoms with Crippen molar-refractivity contribution in [1.29, 1.82) is 0 Å². The summed E-state index contributed by atoms with van der Waals surface area (Å²) in [5.41, 5.74) is 3.55. The molecule has 3 aromatic rings. The molecule has 152 valence electrons. The molecule has 1 atom stereocenters. The number of rotatable bonds is 7. The van der Waals surface area contributed by atoms with E-state index in [1.807, 2.05) is 31.4 Å². The van der Waals surface area contributed by atoms with Crippen LogP contribution in [0.15, 0.2) is 40.1 Å². The van der Waals surface area contributed by atoms with Crippen molar-refractivity contribution in [2.24, 2.45) is 0 Å². The highest BCUT2D eigenvalue weighted by atomic mass is 32.1. The summed E-state index contributed by atoms with van der Waals surface area (Å²) in [4.78, 5) is 28.0. The van der Waals surface area contributed by atoms with Crippen LogP contribution in [-0.4, -0.2) is 22.8 Å². The van der Waals surface area contributed by atoms with Crippen molar-refractivity contribution in [1.82, 2.24) is 10.3 Å². The van der Waals surface area contributed by atoms with Gasteiger partial charge in [-0.2, -0.15) is 0 Å². The van der Waals surface area contributed by atoms with E-state index in [0.717, 1.165) is 24.1 Å². The molecule has 7 heteroatoms. The molecule has 0 spiro atoms. The summed E-state index contributed by atoms with van der Waals surface area (Å²) in [5, 5.41) is 8.21. The van der Waals surface area contributed by atoms with Crippen LogP contribution < -0.4 is 10.6 Å². The standard InChI is InChI=1S/C22H25N3O3S/c1-13(23-16(4)26)5-6-17-7-9-18(10-8-17)20-12-29-22(24-20)25-21(27)19-11-14(2)28-15(19)3/h7-13H,5-6H2,1-4H3,(H,23,26)(H,24,25,27)/t13-/m0/s1. The Morgan fingerprint density at radius 3 is 2.55 bits per heavy atom. The van der Waals surface area contributed by atoms with Crippen molar-refractivity contribution < 1.29 is 14.0 Å². The van der Waals surface area contributed by atoms with E-state index in [0.29, 0.717) is 22.2 Å². The maximum Gasteiger partial charge on any atom is 0.260 e. The molecule has 6 nitrogen and oxygen atoms in total. The minimum atomic E-state index is -0.219. The molecule has 0 saturated carbocycles. The lowest BCUT2D eigenvalue weighted by atomic mass is 10.0. The van der Waals surface area contributed by atoms with Gasteiger partial charge in [0.05, 0.1) is 11.3 Å². The second-order valence-electron chi connectivity index (χ2n) is 7.16. The zero-order chi connectivity index (χ0) is 21.0. The van der Waals surface area contributed by atoms with E-state index in [1.165, 1.54) is 23.8 Å².